The molecule has 2 N–H and O–H groups in total. The van der Waals surface area contributed by atoms with E-state index in [1.807, 2.05) is 11.9 Å². The molecule has 0 bridgehead atoms. The molecule has 372 valence electrons. The SMILES string of the molecule is CN1CCNOCC1.CN1CCON(C(C)(C)C)CC1.CN1CCON(c2c(F)cc([N+](=O)[O-])cc2F)CC1.ClC(Cl)Cl.O=C(O)C(F)(F)F.O=C=O.O=[N+]([O-])c1cc(F)c(F)c(F)c1. The number of carboxylic acids is 1. The Kier molecular flexibility index (Phi) is 31.5. The van der Waals surface area contributed by atoms with Crippen molar-refractivity contribution in [2.45, 2.75) is 36.8 Å². The first kappa shape index (κ1) is 63.0. The van der Waals surface area contributed by atoms with Crippen LogP contribution < -0.4 is 10.5 Å². The highest BCUT2D eigenvalue weighted by Crippen LogP contribution is 2.29. The largest absolute Gasteiger partial charge is 0.490 e. The van der Waals surface area contributed by atoms with Crippen LogP contribution in [-0.2, 0) is 28.9 Å². The van der Waals surface area contributed by atoms with Crippen molar-refractivity contribution in [3.63, 3.8) is 0 Å². The summed E-state index contributed by atoms with van der Waals surface area (Å²) in [6.07, 6.45) is -4.83. The summed E-state index contributed by atoms with van der Waals surface area (Å²) >= 11 is 14.4. The zero-order chi connectivity index (χ0) is 50.7. The monoisotopic (exact) mass is 1010 g/mol. The van der Waals surface area contributed by atoms with E-state index < -0.39 is 66.7 Å². The van der Waals surface area contributed by atoms with Crippen molar-refractivity contribution >= 4 is 64.0 Å². The number of nitro groups is 2. The van der Waals surface area contributed by atoms with Crippen molar-refractivity contribution in [2.75, 3.05) is 105 Å². The van der Waals surface area contributed by atoms with Gasteiger partial charge in [-0.15, -0.1) is 0 Å². The number of benzene rings is 2. The molecule has 0 spiro atoms. The molecule has 0 unspecified atom stereocenters. The molecule has 19 nitrogen and oxygen atoms in total. The van der Waals surface area contributed by atoms with Crippen LogP contribution in [0.5, 0.6) is 0 Å². The molecule has 5 rings (SSSR count). The first-order valence-electron chi connectivity index (χ1n) is 18.3. The van der Waals surface area contributed by atoms with E-state index >= 15 is 0 Å². The van der Waals surface area contributed by atoms with E-state index in [0.29, 0.717) is 44.0 Å². The third-order valence-corrected chi connectivity index (χ3v) is 7.71. The number of hydrogen-bond acceptors (Lipinski definition) is 16. The first-order valence-corrected chi connectivity index (χ1v) is 19.7. The molecule has 0 saturated carbocycles. The molecule has 0 atom stereocenters. The van der Waals surface area contributed by atoms with E-state index in [2.05, 4.69) is 55.2 Å². The number of carbonyl (C=O) groups is 1. The van der Waals surface area contributed by atoms with Crippen molar-refractivity contribution in [2.24, 2.45) is 0 Å². The number of nitrogens with one attached hydrogen (secondary N) is 1. The molecule has 3 aliphatic rings. The number of likely N-dealkylation sites (N-methyl/N-ethyl adjacent to an activating group) is 3. The fourth-order valence-electron chi connectivity index (χ4n) is 4.43. The normalized spacial score (nSPS) is 16.3. The quantitative estimate of drug-likeness (QED) is 0.118. The minimum Gasteiger partial charge on any atom is -0.475 e. The number of halogens is 11. The maximum absolute atomic E-state index is 13.8. The second kappa shape index (κ2) is 32.5. The van der Waals surface area contributed by atoms with Crippen LogP contribution in [0.15, 0.2) is 24.3 Å². The topological polar surface area (TPSA) is 214 Å². The van der Waals surface area contributed by atoms with E-state index in [9.17, 15) is 55.4 Å². The molecule has 0 aromatic heterocycles. The molecule has 65 heavy (non-hydrogen) atoms. The van der Waals surface area contributed by atoms with Crippen LogP contribution in [0.3, 0.4) is 0 Å². The first-order chi connectivity index (χ1) is 30.0. The van der Waals surface area contributed by atoms with Gasteiger partial charge in [-0.05, 0) is 41.9 Å². The number of nitro benzene ring substituents is 2. The van der Waals surface area contributed by atoms with Crippen molar-refractivity contribution in [3.05, 3.63) is 73.6 Å². The summed E-state index contributed by atoms with van der Waals surface area (Å²) in [6.45, 7) is 16.1. The third-order valence-electron chi connectivity index (χ3n) is 7.71. The van der Waals surface area contributed by atoms with Gasteiger partial charge >= 0.3 is 18.3 Å². The maximum atomic E-state index is 13.8. The van der Waals surface area contributed by atoms with Gasteiger partial charge in [0.2, 0.25) is 0 Å². The molecule has 0 amide bonds. The number of non-ortho nitro benzene ring substituents is 2. The summed E-state index contributed by atoms with van der Waals surface area (Å²) in [4.78, 5) is 66.1. The number of carboxylic acid groups (broad SMARTS) is 1. The Morgan fingerprint density at radius 3 is 1.49 bits per heavy atom. The Balaban J connectivity index is 0. The van der Waals surface area contributed by atoms with Crippen molar-refractivity contribution in [1.29, 1.82) is 0 Å². The molecule has 2 aromatic rings. The van der Waals surface area contributed by atoms with Crippen LogP contribution in [0, 0.1) is 49.3 Å². The number of nitrogens with zero attached hydrogens (tertiary/aromatic N) is 7. The fourth-order valence-corrected chi connectivity index (χ4v) is 4.43. The molecule has 0 radical (unpaired) electrons. The minimum absolute atomic E-state index is 0.130. The number of carbonyl (C=O) groups excluding carboxylic acids is 2. The van der Waals surface area contributed by atoms with Crippen LogP contribution in [0.25, 0.3) is 0 Å². The van der Waals surface area contributed by atoms with Gasteiger partial charge in [0.1, 0.15) is 5.69 Å². The summed E-state index contributed by atoms with van der Waals surface area (Å²) in [5.41, 5.74) is 1.14. The zero-order valence-electron chi connectivity index (χ0n) is 35.7. The Morgan fingerprint density at radius 1 is 0.723 bits per heavy atom. The van der Waals surface area contributed by atoms with Gasteiger partial charge in [-0.3, -0.25) is 29.9 Å². The number of hydroxylamine groups is 4. The third kappa shape index (κ3) is 29.2. The van der Waals surface area contributed by atoms with E-state index in [0.717, 1.165) is 57.5 Å². The lowest BCUT2D eigenvalue weighted by atomic mass is 10.1. The number of alkyl halides is 6. The number of anilines is 1. The van der Waals surface area contributed by atoms with E-state index in [4.69, 9.17) is 68.8 Å². The van der Waals surface area contributed by atoms with Gasteiger partial charge in [0, 0.05) is 57.9 Å². The molecular weight excluding hydrogens is 967 g/mol. The molecule has 2 aromatic carbocycles. The smallest absolute Gasteiger partial charge is 0.475 e. The van der Waals surface area contributed by atoms with Crippen LogP contribution in [-0.4, -0.2) is 163 Å². The lowest BCUT2D eigenvalue weighted by Gasteiger charge is -2.32. The summed E-state index contributed by atoms with van der Waals surface area (Å²) < 4.78 is 95.4. The van der Waals surface area contributed by atoms with Crippen molar-refractivity contribution in [3.8, 4) is 0 Å². The van der Waals surface area contributed by atoms with Crippen LogP contribution in [0.2, 0.25) is 0 Å². The molecule has 0 aliphatic carbocycles. The average molecular weight is 1020 g/mol. The molecule has 3 saturated heterocycles. The predicted octanol–water partition coefficient (Wildman–Crippen LogP) is 6.02. The van der Waals surface area contributed by atoms with Gasteiger partial charge < -0.3 is 24.6 Å². The molecule has 3 aliphatic heterocycles. The highest BCUT2D eigenvalue weighted by Gasteiger charge is 2.38. The van der Waals surface area contributed by atoms with Crippen LogP contribution in [0.4, 0.5) is 52.2 Å². The maximum Gasteiger partial charge on any atom is 0.490 e. The van der Waals surface area contributed by atoms with Gasteiger partial charge in [0.15, 0.2) is 33.4 Å². The second-order valence-corrected chi connectivity index (χ2v) is 15.8. The van der Waals surface area contributed by atoms with Crippen LogP contribution in [0.1, 0.15) is 20.8 Å². The molecule has 3 heterocycles. The van der Waals surface area contributed by atoms with Gasteiger partial charge in [-0.25, -0.2) is 37.3 Å². The minimum atomic E-state index is -5.08. The van der Waals surface area contributed by atoms with Gasteiger partial charge in [0.25, 0.3) is 11.4 Å². The Labute approximate surface area is 382 Å². The number of hydrogen-bond donors (Lipinski definition) is 2. The van der Waals surface area contributed by atoms with Crippen molar-refractivity contribution < 1.29 is 79.0 Å². The average Bonchev–Trinajstić information content (AvgIpc) is 3.66. The molecule has 3 fully saturated rings. The van der Waals surface area contributed by atoms with E-state index in [-0.39, 0.29) is 23.9 Å². The van der Waals surface area contributed by atoms with Gasteiger partial charge in [-0.1, -0.05) is 34.8 Å². The predicted molar refractivity (Wildman–Crippen MR) is 218 cm³/mol. The Hall–Kier alpha value is -4.12. The second-order valence-electron chi connectivity index (χ2n) is 13.8. The summed E-state index contributed by atoms with van der Waals surface area (Å²) in [5, 5.41) is 30.8. The number of aliphatic carboxylic acids is 1. The Morgan fingerprint density at radius 2 is 1.09 bits per heavy atom. The van der Waals surface area contributed by atoms with Gasteiger partial charge in [-0.2, -0.15) is 27.8 Å². The Bertz CT molecular complexity index is 1730. The van der Waals surface area contributed by atoms with Gasteiger partial charge in [0.05, 0.1) is 60.5 Å². The lowest BCUT2D eigenvalue weighted by Crippen LogP contribution is -2.42. The highest BCUT2D eigenvalue weighted by atomic mass is 35.6. The molecular formula is C35H49Cl3F8N8O11. The molecule has 30 heteroatoms. The fraction of sp³-hybridized carbons (Fsp3) is 0.600. The number of rotatable bonds is 3. The van der Waals surface area contributed by atoms with E-state index in [1.54, 1.807) is 0 Å². The van der Waals surface area contributed by atoms with Crippen molar-refractivity contribution in [1.82, 2.24) is 25.2 Å². The summed E-state index contributed by atoms with van der Waals surface area (Å²) in [6, 6.07) is 2.02. The lowest BCUT2D eigenvalue weighted by molar-refractivity contribution is -0.385. The zero-order valence-corrected chi connectivity index (χ0v) is 38.0. The summed E-state index contributed by atoms with van der Waals surface area (Å²) in [7, 11) is 6.10. The standard InChI is InChI=1S/C11H13F2N3O3.C9H20N2O.C6H2F3NO2.C5H12N2O.C2HF3O2.CHCl3.CO2/c1-14-2-3-15(19-5-4-14)11-9(12)6-8(16(17)18)7-10(11)13;1-9(2,3)11-6-5-10(4)7-8-12-11;7-4-1-3(10(11)12)2-5(8)6(4)9;1-7-3-2-6-8-5-4-7;3-2(4,5)1(6)7;2-1(3)4;2-1-3/h6-7H,2-5H2,1H3;5-8H2,1-4H3;1-2H;6H,2-5H2,1H3;(H,6,7);1H;. The van der Waals surface area contributed by atoms with Crippen LogP contribution >= 0.6 is 34.8 Å². The summed E-state index contributed by atoms with van der Waals surface area (Å²) in [5.74, 6) is -9.61. The van der Waals surface area contributed by atoms with E-state index in [1.165, 1.54) is 0 Å². The highest BCUT2D eigenvalue weighted by molar-refractivity contribution is 6.63.